The monoisotopic (exact) mass is 363 g/mol. The summed E-state index contributed by atoms with van der Waals surface area (Å²) in [5.74, 6) is -0.829. The Morgan fingerprint density at radius 2 is 2.00 bits per heavy atom. The smallest absolute Gasteiger partial charge is 0.253 e. The predicted octanol–water partition coefficient (Wildman–Crippen LogP) is 1.99. The third-order valence-electron chi connectivity index (χ3n) is 5.25. The number of methoxy groups -OCH3 is 1. The summed E-state index contributed by atoms with van der Waals surface area (Å²) in [6, 6.07) is 15.5. The molecule has 2 atom stereocenters. The van der Waals surface area contributed by atoms with Crippen LogP contribution in [-0.2, 0) is 16.0 Å². The molecule has 0 spiro atoms. The van der Waals surface area contributed by atoms with E-state index in [1.54, 1.807) is 7.11 Å². The van der Waals surface area contributed by atoms with Gasteiger partial charge in [-0.25, -0.2) is 5.43 Å². The Bertz CT molecular complexity index is 908. The quantitative estimate of drug-likeness (QED) is 0.644. The molecule has 2 amide bonds. The van der Waals surface area contributed by atoms with Gasteiger partial charge in [0, 0.05) is 18.0 Å². The number of rotatable bonds is 4. The molecular formula is C21H21N3O3. The molecule has 2 aromatic carbocycles. The van der Waals surface area contributed by atoms with E-state index in [0.717, 1.165) is 35.4 Å². The van der Waals surface area contributed by atoms with Crippen molar-refractivity contribution in [1.82, 2.24) is 10.7 Å². The lowest BCUT2D eigenvalue weighted by Gasteiger charge is -2.15. The van der Waals surface area contributed by atoms with Crippen LogP contribution < -0.4 is 15.5 Å². The van der Waals surface area contributed by atoms with E-state index in [-0.39, 0.29) is 17.7 Å². The van der Waals surface area contributed by atoms with E-state index in [9.17, 15) is 9.59 Å². The Morgan fingerprint density at radius 3 is 2.78 bits per heavy atom. The predicted molar refractivity (Wildman–Crippen MR) is 102 cm³/mol. The van der Waals surface area contributed by atoms with E-state index in [2.05, 4.69) is 15.8 Å². The van der Waals surface area contributed by atoms with E-state index >= 15 is 0 Å². The number of nitrogens with one attached hydrogen (secondary N) is 2. The van der Waals surface area contributed by atoms with Crippen LogP contribution in [-0.4, -0.2) is 31.2 Å². The van der Waals surface area contributed by atoms with Crippen LogP contribution in [0, 0.1) is 5.92 Å². The molecule has 2 aliphatic rings. The molecule has 6 heteroatoms. The van der Waals surface area contributed by atoms with Crippen LogP contribution in [0.15, 0.2) is 53.6 Å². The highest BCUT2D eigenvalue weighted by atomic mass is 16.5. The Hall–Kier alpha value is -3.15. The zero-order valence-corrected chi connectivity index (χ0v) is 15.1. The van der Waals surface area contributed by atoms with Gasteiger partial charge in [0.05, 0.1) is 12.8 Å². The van der Waals surface area contributed by atoms with Gasteiger partial charge < -0.3 is 10.1 Å². The van der Waals surface area contributed by atoms with Crippen molar-refractivity contribution in [2.24, 2.45) is 11.0 Å². The van der Waals surface area contributed by atoms with Crippen molar-refractivity contribution in [1.29, 1.82) is 0 Å². The summed E-state index contributed by atoms with van der Waals surface area (Å²) >= 11 is 0. The highest BCUT2D eigenvalue weighted by Crippen LogP contribution is 2.30. The van der Waals surface area contributed by atoms with Gasteiger partial charge in [-0.05, 0) is 36.1 Å². The van der Waals surface area contributed by atoms with Crippen molar-refractivity contribution in [3.63, 3.8) is 0 Å². The Morgan fingerprint density at radius 1 is 1.19 bits per heavy atom. The number of hydrogen-bond acceptors (Lipinski definition) is 4. The second kappa shape index (κ2) is 7.23. The average molecular weight is 363 g/mol. The largest absolute Gasteiger partial charge is 0.497 e. The second-order valence-corrected chi connectivity index (χ2v) is 6.80. The molecule has 6 nitrogen and oxygen atoms in total. The van der Waals surface area contributed by atoms with Crippen molar-refractivity contribution in [3.05, 3.63) is 65.2 Å². The number of aryl methyl sites for hydroxylation is 1. The maximum atomic E-state index is 12.7. The highest BCUT2D eigenvalue weighted by molar-refractivity contribution is 6.07. The summed E-state index contributed by atoms with van der Waals surface area (Å²) in [5.41, 5.74) is 6.58. The lowest BCUT2D eigenvalue weighted by atomic mass is 9.88. The van der Waals surface area contributed by atoms with Crippen molar-refractivity contribution in [2.75, 3.05) is 13.7 Å². The first kappa shape index (κ1) is 17.3. The first-order valence-electron chi connectivity index (χ1n) is 9.03. The van der Waals surface area contributed by atoms with Crippen molar-refractivity contribution >= 4 is 17.5 Å². The molecule has 1 fully saturated rings. The molecule has 138 valence electrons. The standard InChI is InChI=1S/C21H21N3O3/c1-27-15-9-7-14-8-10-18(16(14)11-15)23-24-21(26)19-17(12-22-20(19)25)13-5-3-2-4-6-13/h2-7,9,11,17,19H,8,10,12H2,1H3,(H,22,25)(H,24,26)/b23-18+. The highest BCUT2D eigenvalue weighted by Gasteiger charge is 2.41. The number of hydrogen-bond donors (Lipinski definition) is 2. The first-order valence-corrected chi connectivity index (χ1v) is 9.03. The Labute approximate surface area is 157 Å². The van der Waals surface area contributed by atoms with Crippen LogP contribution in [0.25, 0.3) is 0 Å². The van der Waals surface area contributed by atoms with Crippen molar-refractivity contribution < 1.29 is 14.3 Å². The lowest BCUT2D eigenvalue weighted by molar-refractivity contribution is -0.133. The Kier molecular flexibility index (Phi) is 4.62. The molecule has 4 rings (SSSR count). The fourth-order valence-corrected chi connectivity index (χ4v) is 3.80. The van der Waals surface area contributed by atoms with Gasteiger partial charge in [0.2, 0.25) is 5.91 Å². The number of hydrazone groups is 1. The Balaban J connectivity index is 1.53. The van der Waals surface area contributed by atoms with E-state index in [1.807, 2.05) is 48.5 Å². The van der Waals surface area contributed by atoms with Gasteiger partial charge in [0.25, 0.3) is 5.91 Å². The van der Waals surface area contributed by atoms with Crippen LogP contribution in [0.5, 0.6) is 5.75 Å². The van der Waals surface area contributed by atoms with Gasteiger partial charge >= 0.3 is 0 Å². The normalized spacial score (nSPS) is 22.4. The van der Waals surface area contributed by atoms with Gasteiger partial charge in [0.15, 0.2) is 0 Å². The molecule has 0 radical (unpaired) electrons. The molecule has 1 aliphatic carbocycles. The molecule has 2 unspecified atom stereocenters. The topological polar surface area (TPSA) is 79.8 Å². The molecule has 2 N–H and O–H groups in total. The number of amides is 2. The molecule has 0 aromatic heterocycles. The third-order valence-corrected chi connectivity index (χ3v) is 5.25. The zero-order valence-electron chi connectivity index (χ0n) is 15.1. The van der Waals surface area contributed by atoms with Gasteiger partial charge in [-0.1, -0.05) is 36.4 Å². The van der Waals surface area contributed by atoms with Gasteiger partial charge in [0.1, 0.15) is 11.7 Å². The lowest BCUT2D eigenvalue weighted by Crippen LogP contribution is -2.35. The van der Waals surface area contributed by atoms with Crippen molar-refractivity contribution in [2.45, 2.75) is 18.8 Å². The van der Waals surface area contributed by atoms with Gasteiger partial charge in [-0.3, -0.25) is 9.59 Å². The van der Waals surface area contributed by atoms with Crippen LogP contribution in [0.3, 0.4) is 0 Å². The van der Waals surface area contributed by atoms with E-state index in [0.29, 0.717) is 6.54 Å². The average Bonchev–Trinajstić information content (AvgIpc) is 3.29. The SMILES string of the molecule is COc1ccc2c(c1)/C(=N/NC(=O)C1C(=O)NCC1c1ccccc1)CC2. The van der Waals surface area contributed by atoms with Gasteiger partial charge in [-0.2, -0.15) is 5.10 Å². The minimum atomic E-state index is -0.775. The first-order chi connectivity index (χ1) is 13.2. The number of benzene rings is 2. The number of carbonyl (C=O) groups excluding carboxylic acids is 2. The van der Waals surface area contributed by atoms with Crippen LogP contribution in [0.4, 0.5) is 0 Å². The van der Waals surface area contributed by atoms with Crippen LogP contribution in [0.2, 0.25) is 0 Å². The van der Waals surface area contributed by atoms with Gasteiger partial charge in [-0.15, -0.1) is 0 Å². The molecule has 1 heterocycles. The number of nitrogens with zero attached hydrogens (tertiary/aromatic N) is 1. The second-order valence-electron chi connectivity index (χ2n) is 6.80. The maximum Gasteiger partial charge on any atom is 0.253 e. The summed E-state index contributed by atoms with van der Waals surface area (Å²) in [4.78, 5) is 25.0. The summed E-state index contributed by atoms with van der Waals surface area (Å²) in [5, 5.41) is 7.12. The fraction of sp³-hybridized carbons (Fsp3) is 0.286. The number of fused-ring (bicyclic) bond motifs is 1. The molecule has 2 aromatic rings. The van der Waals surface area contributed by atoms with Crippen LogP contribution in [0.1, 0.15) is 29.0 Å². The molecule has 1 aliphatic heterocycles. The molecule has 0 bridgehead atoms. The molecule has 27 heavy (non-hydrogen) atoms. The summed E-state index contributed by atoms with van der Waals surface area (Å²) in [6.07, 6.45) is 1.63. The summed E-state index contributed by atoms with van der Waals surface area (Å²) in [7, 11) is 1.62. The molecule has 0 saturated carbocycles. The molecular weight excluding hydrogens is 342 g/mol. The minimum absolute atomic E-state index is 0.185. The van der Waals surface area contributed by atoms with E-state index in [1.165, 1.54) is 5.56 Å². The number of carbonyl (C=O) groups is 2. The van der Waals surface area contributed by atoms with Crippen molar-refractivity contribution in [3.8, 4) is 5.75 Å². The zero-order chi connectivity index (χ0) is 18.8. The summed E-state index contributed by atoms with van der Waals surface area (Å²) in [6.45, 7) is 0.456. The third kappa shape index (κ3) is 3.30. The fourth-order valence-electron chi connectivity index (χ4n) is 3.80. The molecule has 1 saturated heterocycles. The van der Waals surface area contributed by atoms with Crippen LogP contribution >= 0.6 is 0 Å². The maximum absolute atomic E-state index is 12.7. The summed E-state index contributed by atoms with van der Waals surface area (Å²) < 4.78 is 5.28. The van der Waals surface area contributed by atoms with E-state index in [4.69, 9.17) is 4.74 Å². The van der Waals surface area contributed by atoms with E-state index < -0.39 is 5.92 Å². The number of ether oxygens (including phenoxy) is 1. The minimum Gasteiger partial charge on any atom is -0.497 e.